The Morgan fingerprint density at radius 3 is 2.67 bits per heavy atom. The number of carbonyl (C=O) groups is 1. The monoisotopic (exact) mass is 364 g/mol. The first-order valence-electron chi connectivity index (χ1n) is 9.71. The van der Waals surface area contributed by atoms with Gasteiger partial charge in [-0.1, -0.05) is 41.5 Å². The highest BCUT2D eigenvalue weighted by Gasteiger charge is 2.11. The highest BCUT2D eigenvalue weighted by molar-refractivity contribution is 5.92. The van der Waals surface area contributed by atoms with E-state index in [-0.39, 0.29) is 5.91 Å². The second-order valence-corrected chi connectivity index (χ2v) is 7.14. The average molecular weight is 364 g/mol. The molecule has 0 fully saturated rings. The van der Waals surface area contributed by atoms with Gasteiger partial charge < -0.3 is 10.6 Å². The fourth-order valence-corrected chi connectivity index (χ4v) is 3.24. The molecule has 0 radical (unpaired) electrons. The van der Waals surface area contributed by atoms with Crippen LogP contribution in [0.25, 0.3) is 0 Å². The molecule has 5 nitrogen and oxygen atoms in total. The van der Waals surface area contributed by atoms with Gasteiger partial charge in [0.1, 0.15) is 17.3 Å². The minimum Gasteiger partial charge on any atom is -0.370 e. The first-order valence-corrected chi connectivity index (χ1v) is 9.71. The third-order valence-corrected chi connectivity index (χ3v) is 4.78. The van der Waals surface area contributed by atoms with Gasteiger partial charge in [0.05, 0.1) is 0 Å². The molecule has 2 aromatic rings. The highest BCUT2D eigenvalue weighted by atomic mass is 16.1. The molecule has 0 saturated heterocycles. The van der Waals surface area contributed by atoms with E-state index in [1.54, 1.807) is 6.07 Å². The van der Waals surface area contributed by atoms with Gasteiger partial charge in [0.25, 0.3) is 5.91 Å². The maximum atomic E-state index is 12.5. The van der Waals surface area contributed by atoms with Crippen LogP contribution in [-0.2, 0) is 6.54 Å². The number of rotatable bonds is 7. The van der Waals surface area contributed by atoms with Crippen molar-refractivity contribution in [1.29, 1.82) is 0 Å². The van der Waals surface area contributed by atoms with Crippen molar-refractivity contribution in [2.75, 3.05) is 11.9 Å². The molecule has 1 aromatic heterocycles. The van der Waals surface area contributed by atoms with Gasteiger partial charge >= 0.3 is 0 Å². The number of nitrogens with one attached hydrogen (secondary N) is 2. The Labute approximate surface area is 161 Å². The molecule has 1 aliphatic carbocycles. The van der Waals surface area contributed by atoms with Gasteiger partial charge in [0.15, 0.2) is 0 Å². The van der Waals surface area contributed by atoms with Crippen LogP contribution in [0.1, 0.15) is 59.5 Å². The van der Waals surface area contributed by atoms with E-state index < -0.39 is 0 Å². The van der Waals surface area contributed by atoms with E-state index in [0.29, 0.717) is 23.9 Å². The Hall–Kier alpha value is -2.69. The first kappa shape index (κ1) is 19.1. The Morgan fingerprint density at radius 2 is 1.93 bits per heavy atom. The van der Waals surface area contributed by atoms with Crippen molar-refractivity contribution in [1.82, 2.24) is 15.3 Å². The average Bonchev–Trinajstić information content (AvgIpc) is 2.68. The summed E-state index contributed by atoms with van der Waals surface area (Å²) in [7, 11) is 0. The lowest BCUT2D eigenvalue weighted by Crippen LogP contribution is -2.24. The standard InChI is InChI=1S/C22H28N4O/c1-16-8-10-19(11-9-16)15-24-22(27)20-14-21(26-17(2)25-20)23-13-12-18-6-4-3-5-7-18/h6,8-11,14H,3-5,7,12-13,15H2,1-2H3,(H,24,27)(H,23,25,26). The summed E-state index contributed by atoms with van der Waals surface area (Å²) < 4.78 is 0. The normalized spacial score (nSPS) is 13.8. The number of benzene rings is 1. The number of carbonyl (C=O) groups excluding carboxylic acids is 1. The van der Waals surface area contributed by atoms with Crippen LogP contribution in [0.2, 0.25) is 0 Å². The van der Waals surface area contributed by atoms with Crippen LogP contribution < -0.4 is 10.6 Å². The molecule has 0 spiro atoms. The molecule has 0 bridgehead atoms. The van der Waals surface area contributed by atoms with Gasteiger partial charge in [-0.3, -0.25) is 4.79 Å². The Kier molecular flexibility index (Phi) is 6.58. The van der Waals surface area contributed by atoms with Crippen LogP contribution in [0.4, 0.5) is 5.82 Å². The minimum absolute atomic E-state index is 0.181. The van der Waals surface area contributed by atoms with Crippen molar-refractivity contribution in [3.63, 3.8) is 0 Å². The number of allylic oxidation sites excluding steroid dienone is 1. The summed E-state index contributed by atoms with van der Waals surface area (Å²) in [6.07, 6.45) is 8.40. The smallest absolute Gasteiger partial charge is 0.270 e. The molecule has 0 atom stereocenters. The topological polar surface area (TPSA) is 66.9 Å². The maximum Gasteiger partial charge on any atom is 0.270 e. The van der Waals surface area contributed by atoms with E-state index in [1.807, 2.05) is 38.1 Å². The molecular weight excluding hydrogens is 336 g/mol. The van der Waals surface area contributed by atoms with E-state index in [2.05, 4.69) is 26.7 Å². The molecule has 0 unspecified atom stereocenters. The fourth-order valence-electron chi connectivity index (χ4n) is 3.24. The Balaban J connectivity index is 1.55. The van der Waals surface area contributed by atoms with Gasteiger partial charge in [-0.15, -0.1) is 0 Å². The zero-order valence-corrected chi connectivity index (χ0v) is 16.2. The number of aromatic nitrogens is 2. The van der Waals surface area contributed by atoms with E-state index in [1.165, 1.54) is 36.8 Å². The Morgan fingerprint density at radius 1 is 1.11 bits per heavy atom. The third-order valence-electron chi connectivity index (χ3n) is 4.78. The van der Waals surface area contributed by atoms with Gasteiger partial charge in [-0.2, -0.15) is 0 Å². The fraction of sp³-hybridized carbons (Fsp3) is 0.409. The lowest BCUT2D eigenvalue weighted by molar-refractivity contribution is 0.0945. The summed E-state index contributed by atoms with van der Waals surface area (Å²) in [5.74, 6) is 1.12. The van der Waals surface area contributed by atoms with E-state index in [4.69, 9.17) is 0 Å². The lowest BCUT2D eigenvalue weighted by atomic mass is 9.97. The number of hydrogen-bond acceptors (Lipinski definition) is 4. The molecule has 0 saturated carbocycles. The third kappa shape index (κ3) is 5.91. The summed E-state index contributed by atoms with van der Waals surface area (Å²) in [5, 5.41) is 6.27. The summed E-state index contributed by atoms with van der Waals surface area (Å²) in [6, 6.07) is 9.86. The van der Waals surface area contributed by atoms with Gasteiger partial charge in [0, 0.05) is 19.2 Å². The largest absolute Gasteiger partial charge is 0.370 e. The summed E-state index contributed by atoms with van der Waals surface area (Å²) in [4.78, 5) is 21.2. The minimum atomic E-state index is -0.181. The summed E-state index contributed by atoms with van der Waals surface area (Å²) in [6.45, 7) is 5.17. The molecule has 27 heavy (non-hydrogen) atoms. The second-order valence-electron chi connectivity index (χ2n) is 7.14. The van der Waals surface area contributed by atoms with Crippen LogP contribution in [-0.4, -0.2) is 22.4 Å². The van der Waals surface area contributed by atoms with Crippen molar-refractivity contribution < 1.29 is 4.79 Å². The van der Waals surface area contributed by atoms with Crippen molar-refractivity contribution in [3.8, 4) is 0 Å². The number of hydrogen-bond donors (Lipinski definition) is 2. The molecule has 3 rings (SSSR count). The van der Waals surface area contributed by atoms with Crippen LogP contribution in [0.3, 0.4) is 0 Å². The van der Waals surface area contributed by atoms with Gasteiger partial charge in [-0.25, -0.2) is 9.97 Å². The zero-order valence-electron chi connectivity index (χ0n) is 16.2. The summed E-state index contributed by atoms with van der Waals surface area (Å²) >= 11 is 0. The van der Waals surface area contributed by atoms with Crippen molar-refractivity contribution >= 4 is 11.7 Å². The highest BCUT2D eigenvalue weighted by Crippen LogP contribution is 2.20. The number of anilines is 1. The maximum absolute atomic E-state index is 12.5. The molecule has 1 heterocycles. The first-order chi connectivity index (χ1) is 13.1. The van der Waals surface area contributed by atoms with Crippen molar-refractivity contribution in [3.05, 3.63) is 64.6 Å². The van der Waals surface area contributed by atoms with Gasteiger partial charge in [-0.05, 0) is 51.5 Å². The van der Waals surface area contributed by atoms with E-state index >= 15 is 0 Å². The lowest BCUT2D eigenvalue weighted by Gasteiger charge is -2.13. The van der Waals surface area contributed by atoms with Crippen LogP contribution in [0.5, 0.6) is 0 Å². The molecule has 5 heteroatoms. The van der Waals surface area contributed by atoms with Crippen molar-refractivity contribution in [2.24, 2.45) is 0 Å². The second kappa shape index (κ2) is 9.31. The van der Waals surface area contributed by atoms with Crippen molar-refractivity contribution in [2.45, 2.75) is 52.5 Å². The predicted octanol–water partition coefficient (Wildman–Crippen LogP) is 4.33. The zero-order chi connectivity index (χ0) is 19.1. The van der Waals surface area contributed by atoms with Crippen LogP contribution >= 0.6 is 0 Å². The molecular formula is C22H28N4O. The number of amides is 1. The van der Waals surface area contributed by atoms with Crippen LogP contribution in [0, 0.1) is 13.8 Å². The number of nitrogens with zero attached hydrogens (tertiary/aromatic N) is 2. The van der Waals surface area contributed by atoms with Crippen LogP contribution in [0.15, 0.2) is 42.0 Å². The SMILES string of the molecule is Cc1ccc(CNC(=O)c2cc(NCCC3=CCCCC3)nc(C)n2)cc1. The summed E-state index contributed by atoms with van der Waals surface area (Å²) in [5.41, 5.74) is 4.19. The quantitative estimate of drug-likeness (QED) is 0.718. The predicted molar refractivity (Wildman–Crippen MR) is 109 cm³/mol. The molecule has 1 aliphatic rings. The molecule has 1 amide bonds. The Bertz CT molecular complexity index is 812. The number of aryl methyl sites for hydroxylation is 2. The molecule has 2 N–H and O–H groups in total. The van der Waals surface area contributed by atoms with E-state index in [9.17, 15) is 4.79 Å². The van der Waals surface area contributed by atoms with E-state index in [0.717, 1.165) is 18.5 Å². The molecule has 0 aliphatic heterocycles. The molecule has 142 valence electrons. The molecule has 1 aromatic carbocycles. The van der Waals surface area contributed by atoms with Gasteiger partial charge in [0.2, 0.25) is 0 Å².